The third kappa shape index (κ3) is 3.31. The van der Waals surface area contributed by atoms with Crippen molar-refractivity contribution in [3.63, 3.8) is 0 Å². The fraction of sp³-hybridized carbons (Fsp3) is 0.312. The van der Waals surface area contributed by atoms with Gasteiger partial charge in [0, 0.05) is 49.8 Å². The number of halogens is 1. The van der Waals surface area contributed by atoms with Crippen molar-refractivity contribution in [3.8, 4) is 5.75 Å². The maximum absolute atomic E-state index is 13.6. The van der Waals surface area contributed by atoms with Crippen molar-refractivity contribution in [3.05, 3.63) is 54.1 Å². The zero-order valence-corrected chi connectivity index (χ0v) is 11.8. The summed E-state index contributed by atoms with van der Waals surface area (Å²) in [6.07, 6.45) is 3.57. The van der Waals surface area contributed by atoms with Gasteiger partial charge in [-0.1, -0.05) is 12.1 Å². The summed E-state index contributed by atoms with van der Waals surface area (Å²) in [4.78, 5) is 6.46. The fourth-order valence-corrected chi connectivity index (χ4v) is 2.46. The molecule has 1 aromatic carbocycles. The Labute approximate surface area is 123 Å². The summed E-state index contributed by atoms with van der Waals surface area (Å²) in [5.74, 6) is -0.0715. The quantitative estimate of drug-likeness (QED) is 0.935. The number of anilines is 1. The molecule has 2 aromatic rings. The number of para-hydroxylation sites is 1. The third-order valence-corrected chi connectivity index (χ3v) is 3.56. The molecule has 1 aliphatic rings. The SMILES string of the molecule is Fc1ccccc1OCc1cnccc1N1CCNCC1. The predicted molar refractivity (Wildman–Crippen MR) is 80.1 cm³/mol. The zero-order chi connectivity index (χ0) is 14.5. The smallest absolute Gasteiger partial charge is 0.165 e. The van der Waals surface area contributed by atoms with Crippen LogP contribution >= 0.6 is 0 Å². The van der Waals surface area contributed by atoms with Crippen LogP contribution in [-0.2, 0) is 6.61 Å². The number of ether oxygens (including phenoxy) is 1. The monoisotopic (exact) mass is 287 g/mol. The minimum absolute atomic E-state index is 0.271. The molecule has 1 N–H and O–H groups in total. The molecule has 0 aliphatic carbocycles. The van der Waals surface area contributed by atoms with Gasteiger partial charge in [-0.15, -0.1) is 0 Å². The van der Waals surface area contributed by atoms with Crippen LogP contribution in [0.25, 0.3) is 0 Å². The van der Waals surface area contributed by atoms with Gasteiger partial charge in [0.1, 0.15) is 6.61 Å². The number of piperazine rings is 1. The second-order valence-electron chi connectivity index (χ2n) is 4.96. The molecule has 110 valence electrons. The van der Waals surface area contributed by atoms with Crippen molar-refractivity contribution < 1.29 is 9.13 Å². The standard InChI is InChI=1S/C16H18FN3O/c17-14-3-1-2-4-16(14)21-12-13-11-19-6-5-15(13)20-9-7-18-8-10-20/h1-6,11,18H,7-10,12H2. The number of aromatic nitrogens is 1. The van der Waals surface area contributed by atoms with Gasteiger partial charge in [-0.05, 0) is 18.2 Å². The highest BCUT2D eigenvalue weighted by Gasteiger charge is 2.14. The predicted octanol–water partition coefficient (Wildman–Crippen LogP) is 2.21. The molecule has 1 aliphatic heterocycles. The summed E-state index contributed by atoms with van der Waals surface area (Å²) in [5.41, 5.74) is 2.09. The molecule has 0 radical (unpaired) electrons. The maximum atomic E-state index is 13.6. The molecule has 0 bridgehead atoms. The molecular formula is C16H18FN3O. The van der Waals surface area contributed by atoms with Gasteiger partial charge in [-0.3, -0.25) is 4.98 Å². The van der Waals surface area contributed by atoms with E-state index in [4.69, 9.17) is 4.74 Å². The highest BCUT2D eigenvalue weighted by atomic mass is 19.1. The molecule has 0 atom stereocenters. The highest BCUT2D eigenvalue weighted by molar-refractivity contribution is 5.52. The van der Waals surface area contributed by atoms with E-state index in [0.717, 1.165) is 37.4 Å². The van der Waals surface area contributed by atoms with Gasteiger partial charge in [0.2, 0.25) is 0 Å². The Kier molecular flexibility index (Phi) is 4.31. The van der Waals surface area contributed by atoms with Crippen LogP contribution in [0.3, 0.4) is 0 Å². The summed E-state index contributed by atoms with van der Waals surface area (Å²) in [6, 6.07) is 8.44. The molecule has 4 nitrogen and oxygen atoms in total. The first kappa shape index (κ1) is 13.8. The minimum Gasteiger partial charge on any atom is -0.486 e. The first-order chi connectivity index (χ1) is 10.3. The van der Waals surface area contributed by atoms with Gasteiger partial charge in [-0.25, -0.2) is 4.39 Å². The van der Waals surface area contributed by atoms with Crippen LogP contribution in [0, 0.1) is 5.82 Å². The van der Waals surface area contributed by atoms with E-state index < -0.39 is 0 Å². The van der Waals surface area contributed by atoms with Gasteiger partial charge < -0.3 is 15.0 Å². The summed E-state index contributed by atoms with van der Waals surface area (Å²) in [7, 11) is 0. The van der Waals surface area contributed by atoms with E-state index in [9.17, 15) is 4.39 Å². The largest absolute Gasteiger partial charge is 0.486 e. The fourth-order valence-electron chi connectivity index (χ4n) is 2.46. The average molecular weight is 287 g/mol. The summed E-state index contributed by atoms with van der Waals surface area (Å²) in [6.45, 7) is 4.16. The number of hydrogen-bond donors (Lipinski definition) is 1. The van der Waals surface area contributed by atoms with Crippen molar-refractivity contribution >= 4 is 5.69 Å². The molecule has 3 rings (SSSR count). The zero-order valence-electron chi connectivity index (χ0n) is 11.8. The maximum Gasteiger partial charge on any atom is 0.165 e. The van der Waals surface area contributed by atoms with E-state index in [-0.39, 0.29) is 11.6 Å². The van der Waals surface area contributed by atoms with Gasteiger partial charge in [0.05, 0.1) is 0 Å². The topological polar surface area (TPSA) is 37.4 Å². The van der Waals surface area contributed by atoms with E-state index in [1.807, 2.05) is 6.07 Å². The molecule has 1 saturated heterocycles. The Morgan fingerprint density at radius 1 is 1.19 bits per heavy atom. The van der Waals surface area contributed by atoms with E-state index in [1.54, 1.807) is 30.6 Å². The van der Waals surface area contributed by atoms with Crippen LogP contribution in [0.15, 0.2) is 42.7 Å². The second-order valence-corrected chi connectivity index (χ2v) is 4.96. The normalized spacial score (nSPS) is 15.0. The molecule has 0 spiro atoms. The molecule has 2 heterocycles. The van der Waals surface area contributed by atoms with Gasteiger partial charge in [0.15, 0.2) is 11.6 Å². The molecule has 0 unspecified atom stereocenters. The van der Waals surface area contributed by atoms with Crippen molar-refractivity contribution in [1.29, 1.82) is 0 Å². The van der Waals surface area contributed by atoms with Crippen molar-refractivity contribution in [2.45, 2.75) is 6.61 Å². The van der Waals surface area contributed by atoms with E-state index >= 15 is 0 Å². The highest BCUT2D eigenvalue weighted by Crippen LogP contribution is 2.23. The number of pyridine rings is 1. The number of nitrogens with one attached hydrogen (secondary N) is 1. The third-order valence-electron chi connectivity index (χ3n) is 3.56. The van der Waals surface area contributed by atoms with Crippen LogP contribution in [0.5, 0.6) is 5.75 Å². The van der Waals surface area contributed by atoms with Crippen LogP contribution < -0.4 is 15.0 Å². The minimum atomic E-state index is -0.342. The Morgan fingerprint density at radius 3 is 2.81 bits per heavy atom. The average Bonchev–Trinajstić information content (AvgIpc) is 2.55. The van der Waals surface area contributed by atoms with Crippen molar-refractivity contribution in [2.24, 2.45) is 0 Å². The van der Waals surface area contributed by atoms with Gasteiger partial charge in [0.25, 0.3) is 0 Å². The van der Waals surface area contributed by atoms with Gasteiger partial charge in [-0.2, -0.15) is 0 Å². The molecule has 1 fully saturated rings. The van der Waals surface area contributed by atoms with E-state index in [0.29, 0.717) is 6.61 Å². The molecule has 0 amide bonds. The number of rotatable bonds is 4. The number of hydrogen-bond acceptors (Lipinski definition) is 4. The lowest BCUT2D eigenvalue weighted by Crippen LogP contribution is -2.44. The molecule has 1 aromatic heterocycles. The van der Waals surface area contributed by atoms with Crippen molar-refractivity contribution in [1.82, 2.24) is 10.3 Å². The summed E-state index contributed by atoms with van der Waals surface area (Å²) < 4.78 is 19.2. The lowest BCUT2D eigenvalue weighted by Gasteiger charge is -2.30. The molecular weight excluding hydrogens is 269 g/mol. The lowest BCUT2D eigenvalue weighted by molar-refractivity contribution is 0.290. The Hall–Kier alpha value is -2.14. The van der Waals surface area contributed by atoms with Crippen LogP contribution in [0.2, 0.25) is 0 Å². The number of benzene rings is 1. The molecule has 5 heteroatoms. The van der Waals surface area contributed by atoms with Crippen LogP contribution in [-0.4, -0.2) is 31.2 Å². The number of nitrogens with zero attached hydrogens (tertiary/aromatic N) is 2. The Morgan fingerprint density at radius 2 is 2.00 bits per heavy atom. The van der Waals surface area contributed by atoms with Crippen molar-refractivity contribution in [2.75, 3.05) is 31.1 Å². The second kappa shape index (κ2) is 6.54. The van der Waals surface area contributed by atoms with E-state index in [2.05, 4.69) is 15.2 Å². The Balaban J connectivity index is 1.74. The van der Waals surface area contributed by atoms with E-state index in [1.165, 1.54) is 6.07 Å². The molecule has 0 saturated carbocycles. The van der Waals surface area contributed by atoms with Crippen LogP contribution in [0.1, 0.15) is 5.56 Å². The Bertz CT molecular complexity index is 600. The summed E-state index contributed by atoms with van der Waals surface area (Å²) >= 11 is 0. The first-order valence-electron chi connectivity index (χ1n) is 7.10. The molecule has 21 heavy (non-hydrogen) atoms. The lowest BCUT2D eigenvalue weighted by atomic mass is 10.2. The van der Waals surface area contributed by atoms with Crippen LogP contribution in [0.4, 0.5) is 10.1 Å². The summed E-state index contributed by atoms with van der Waals surface area (Å²) in [5, 5.41) is 3.33. The first-order valence-corrected chi connectivity index (χ1v) is 7.10. The van der Waals surface area contributed by atoms with Gasteiger partial charge >= 0.3 is 0 Å².